The van der Waals surface area contributed by atoms with Crippen molar-refractivity contribution in [3.63, 3.8) is 0 Å². The maximum Gasteiger partial charge on any atom is 0.387 e. The molecule has 0 spiro atoms. The Morgan fingerprint density at radius 2 is 1.75 bits per heavy atom. The van der Waals surface area contributed by atoms with Gasteiger partial charge in [0.25, 0.3) is 0 Å². The van der Waals surface area contributed by atoms with Gasteiger partial charge >= 0.3 is 6.61 Å². The molecule has 0 saturated carbocycles. The number of rotatable bonds is 9. The Labute approximate surface area is 273 Å². The van der Waals surface area contributed by atoms with E-state index in [1.54, 1.807) is 19.1 Å². The van der Waals surface area contributed by atoms with Crippen LogP contribution in [0.25, 0.3) is 0 Å². The summed E-state index contributed by atoms with van der Waals surface area (Å²) in [6.07, 6.45) is 20.6. The van der Waals surface area contributed by atoms with Crippen LogP contribution in [0.15, 0.2) is 101 Å². The van der Waals surface area contributed by atoms with Crippen LogP contribution in [0.1, 0.15) is 101 Å². The topological polar surface area (TPSA) is 26.3 Å². The summed E-state index contributed by atoms with van der Waals surface area (Å²) in [5.41, 5.74) is 6.91. The zero-order valence-electron chi connectivity index (χ0n) is 28.9. The molecule has 1 aliphatic rings. The van der Waals surface area contributed by atoms with Gasteiger partial charge in [-0.2, -0.15) is 8.78 Å². The van der Waals surface area contributed by atoms with Crippen LogP contribution in [0.2, 0.25) is 5.02 Å². The SMILES string of the molecule is C#C/C=C\C.C=CC(=C(C)C)/C1=C/C(C)=C(/C(=C\Cc2cc(Cl)ccc2OC(F)F)CC(C)=O)CCC=C1.CC.CC.CC. The molecule has 1 aromatic carbocycles. The molecule has 0 bridgehead atoms. The summed E-state index contributed by atoms with van der Waals surface area (Å²) in [6.45, 7) is 22.6. The van der Waals surface area contributed by atoms with Gasteiger partial charge in [0.05, 0.1) is 0 Å². The Hall–Kier alpha value is -3.42. The van der Waals surface area contributed by atoms with Crippen molar-refractivity contribution in [1.29, 1.82) is 0 Å². The first kappa shape index (κ1) is 45.0. The lowest BCUT2D eigenvalue weighted by Crippen LogP contribution is -2.05. The van der Waals surface area contributed by atoms with Crippen molar-refractivity contribution >= 4 is 17.4 Å². The molecule has 0 aliphatic heterocycles. The maximum absolute atomic E-state index is 12.8. The van der Waals surface area contributed by atoms with Crippen LogP contribution < -0.4 is 4.74 Å². The Morgan fingerprint density at radius 3 is 2.20 bits per heavy atom. The Balaban J connectivity index is -0.00000134. The fraction of sp³-hybridized carbons (Fsp3) is 0.410. The molecular weight excluding hydrogens is 574 g/mol. The standard InChI is InChI=1S/C28H31ClF2O2.C5H6.3C2H6/c1-6-25(18(2)3)21-9-7-8-10-26(19(4)15-21)22(16-20(5)32)11-12-23-17-24(29)13-14-27(23)33-28(30)31;1-3-5-4-2;3*1-2/h6-7,9,11,13-15,17,28H,1,8,10,12,16H2,2-5H3;1,4-5H,2H3;3*1-2H3/b9-7?,21-15+,22-11-,26-19+;5-4-;;;. The van der Waals surface area contributed by atoms with Crippen molar-refractivity contribution in [2.24, 2.45) is 0 Å². The number of hydrogen-bond acceptors (Lipinski definition) is 2. The second-order valence-corrected chi connectivity index (χ2v) is 9.37. The maximum atomic E-state index is 12.8. The third kappa shape index (κ3) is 19.0. The summed E-state index contributed by atoms with van der Waals surface area (Å²) in [6, 6.07) is 4.58. The molecule has 0 fully saturated rings. The van der Waals surface area contributed by atoms with E-state index in [9.17, 15) is 13.6 Å². The highest BCUT2D eigenvalue weighted by molar-refractivity contribution is 6.30. The number of ether oxygens (including phenoxy) is 1. The quantitative estimate of drug-likeness (QED) is 0.201. The van der Waals surface area contributed by atoms with Crippen LogP contribution in [0.3, 0.4) is 0 Å². The Kier molecular flexibility index (Phi) is 29.0. The number of Topliss-reactive ketones (excluding diaryl/α,β-unsaturated/α-hetero) is 1. The summed E-state index contributed by atoms with van der Waals surface area (Å²) in [4.78, 5) is 12.1. The summed E-state index contributed by atoms with van der Waals surface area (Å²) >= 11 is 6.09. The Bertz CT molecular complexity index is 1210. The van der Waals surface area contributed by atoms with Gasteiger partial charge in [-0.1, -0.05) is 108 Å². The van der Waals surface area contributed by atoms with Crippen LogP contribution >= 0.6 is 11.6 Å². The average Bonchev–Trinajstić information content (AvgIpc) is 2.99. The van der Waals surface area contributed by atoms with Crippen LogP contribution in [-0.2, 0) is 11.2 Å². The molecule has 0 heterocycles. The normalized spacial score (nSPS) is 15.0. The van der Waals surface area contributed by atoms with E-state index < -0.39 is 6.61 Å². The summed E-state index contributed by atoms with van der Waals surface area (Å²) < 4.78 is 30.3. The molecule has 1 aromatic rings. The number of hydrogen-bond donors (Lipinski definition) is 0. The first-order chi connectivity index (χ1) is 21.0. The van der Waals surface area contributed by atoms with E-state index in [2.05, 4.69) is 49.3 Å². The number of terminal acetylenes is 1. The van der Waals surface area contributed by atoms with Gasteiger partial charge in [0.1, 0.15) is 11.5 Å². The van der Waals surface area contributed by atoms with Crippen LogP contribution in [-0.4, -0.2) is 12.4 Å². The zero-order chi connectivity index (χ0) is 34.7. The molecule has 44 heavy (non-hydrogen) atoms. The number of carbonyl (C=O) groups excluding carboxylic acids is 1. The molecule has 2 nitrogen and oxygen atoms in total. The number of carbonyl (C=O) groups is 1. The molecule has 0 atom stereocenters. The summed E-state index contributed by atoms with van der Waals surface area (Å²) in [7, 11) is 0. The van der Waals surface area contributed by atoms with Gasteiger partial charge in [-0.25, -0.2) is 0 Å². The van der Waals surface area contributed by atoms with E-state index in [0.29, 0.717) is 17.0 Å². The summed E-state index contributed by atoms with van der Waals surface area (Å²) in [5, 5.41) is 0.436. The molecule has 1 aliphatic carbocycles. The van der Waals surface area contributed by atoms with E-state index in [1.807, 2.05) is 73.6 Å². The van der Waals surface area contributed by atoms with Crippen molar-refractivity contribution in [2.45, 2.75) is 108 Å². The minimum Gasteiger partial charge on any atom is -0.435 e. The van der Waals surface area contributed by atoms with E-state index in [1.165, 1.54) is 17.7 Å². The monoisotopic (exact) mass is 628 g/mol. The summed E-state index contributed by atoms with van der Waals surface area (Å²) in [5.74, 6) is 2.46. The van der Waals surface area contributed by atoms with Crippen LogP contribution in [0, 0.1) is 12.3 Å². The molecule has 5 heteroatoms. The molecule has 0 saturated heterocycles. The number of benzene rings is 1. The Morgan fingerprint density at radius 1 is 1.14 bits per heavy atom. The largest absolute Gasteiger partial charge is 0.435 e. The fourth-order valence-corrected chi connectivity index (χ4v) is 4.21. The molecule has 0 amide bonds. The molecular formula is C39H55ClF2O2. The molecule has 0 N–H and O–H groups in total. The van der Waals surface area contributed by atoms with Gasteiger partial charge in [0, 0.05) is 11.4 Å². The molecule has 0 unspecified atom stereocenters. The van der Waals surface area contributed by atoms with Gasteiger partial charge in [-0.3, -0.25) is 4.79 Å². The fourth-order valence-electron chi connectivity index (χ4n) is 4.01. The molecule has 0 aromatic heterocycles. The van der Waals surface area contributed by atoms with E-state index in [4.69, 9.17) is 18.0 Å². The highest BCUT2D eigenvalue weighted by atomic mass is 35.5. The minimum atomic E-state index is -2.93. The average molecular weight is 629 g/mol. The molecule has 244 valence electrons. The first-order valence-electron chi connectivity index (χ1n) is 15.4. The lowest BCUT2D eigenvalue weighted by molar-refractivity contribution is -0.116. The van der Waals surface area contributed by atoms with E-state index >= 15 is 0 Å². The highest BCUT2D eigenvalue weighted by Crippen LogP contribution is 2.31. The first-order valence-corrected chi connectivity index (χ1v) is 15.8. The van der Waals surface area contributed by atoms with Crippen molar-refractivity contribution in [3.05, 3.63) is 111 Å². The lowest BCUT2D eigenvalue weighted by atomic mass is 9.88. The van der Waals surface area contributed by atoms with Gasteiger partial charge in [0.15, 0.2) is 0 Å². The van der Waals surface area contributed by atoms with Gasteiger partial charge in [-0.05, 0) is 112 Å². The van der Waals surface area contributed by atoms with Gasteiger partial charge in [0.2, 0.25) is 0 Å². The second kappa shape index (κ2) is 28.4. The van der Waals surface area contributed by atoms with E-state index in [0.717, 1.165) is 40.7 Å². The van der Waals surface area contributed by atoms with Crippen molar-refractivity contribution in [3.8, 4) is 18.1 Å². The van der Waals surface area contributed by atoms with Gasteiger partial charge < -0.3 is 4.74 Å². The van der Waals surface area contributed by atoms with Crippen molar-refractivity contribution in [1.82, 2.24) is 0 Å². The molecule has 2 rings (SSSR count). The highest BCUT2D eigenvalue weighted by Gasteiger charge is 2.15. The number of halogens is 3. The van der Waals surface area contributed by atoms with E-state index in [-0.39, 0.29) is 18.0 Å². The predicted molar refractivity (Wildman–Crippen MR) is 191 cm³/mol. The second-order valence-electron chi connectivity index (χ2n) is 8.93. The zero-order valence-corrected chi connectivity index (χ0v) is 29.7. The lowest BCUT2D eigenvalue weighted by Gasteiger charge is -2.18. The number of ketones is 1. The number of alkyl halides is 2. The van der Waals surface area contributed by atoms with Crippen molar-refractivity contribution in [2.75, 3.05) is 0 Å². The number of allylic oxidation sites excluding steroid dienone is 13. The predicted octanol–water partition coefficient (Wildman–Crippen LogP) is 12.8. The third-order valence-electron chi connectivity index (χ3n) is 5.66. The van der Waals surface area contributed by atoms with Gasteiger partial charge in [-0.15, -0.1) is 6.42 Å². The van der Waals surface area contributed by atoms with Crippen molar-refractivity contribution < 1.29 is 18.3 Å². The van der Waals surface area contributed by atoms with Crippen LogP contribution in [0.4, 0.5) is 8.78 Å². The molecule has 0 radical (unpaired) electrons. The smallest absolute Gasteiger partial charge is 0.387 e. The third-order valence-corrected chi connectivity index (χ3v) is 5.89. The van der Waals surface area contributed by atoms with Crippen LogP contribution in [0.5, 0.6) is 5.75 Å². The minimum absolute atomic E-state index is 0.0366.